The van der Waals surface area contributed by atoms with Crippen molar-refractivity contribution in [2.45, 2.75) is 17.4 Å². The summed E-state index contributed by atoms with van der Waals surface area (Å²) in [6.45, 7) is 0. The first kappa shape index (κ1) is 20.4. The maximum absolute atomic E-state index is 2.55. The van der Waals surface area contributed by atoms with Gasteiger partial charge in [0.15, 0.2) is 0 Å². The van der Waals surface area contributed by atoms with Crippen LogP contribution < -0.4 is 4.90 Å². The maximum Gasteiger partial charge on any atom is 0.0725 e. The summed E-state index contributed by atoms with van der Waals surface area (Å²) in [7, 11) is 0. The largest absolute Gasteiger partial charge is 0.333 e. The molecule has 0 saturated heterocycles. The molecular formula is C37H25N. The first-order valence-corrected chi connectivity index (χ1v) is 13.5. The molecule has 0 radical (unpaired) electrons. The zero-order valence-corrected chi connectivity index (χ0v) is 20.9. The molecule has 5 aromatic rings. The molecule has 0 amide bonds. The zero-order valence-electron chi connectivity index (χ0n) is 20.9. The van der Waals surface area contributed by atoms with Crippen LogP contribution >= 0.6 is 0 Å². The van der Waals surface area contributed by atoms with Crippen LogP contribution in [0, 0.1) is 0 Å². The van der Waals surface area contributed by atoms with Gasteiger partial charge in [-0.2, -0.15) is 0 Å². The molecule has 2 unspecified atom stereocenters. The van der Waals surface area contributed by atoms with E-state index < -0.39 is 0 Å². The molecule has 1 nitrogen and oxygen atoms in total. The first-order valence-electron chi connectivity index (χ1n) is 13.5. The molecule has 0 bridgehead atoms. The van der Waals surface area contributed by atoms with Crippen molar-refractivity contribution < 1.29 is 0 Å². The highest BCUT2D eigenvalue weighted by molar-refractivity contribution is 5.96. The Kier molecular flexibility index (Phi) is 3.89. The molecule has 0 aromatic heterocycles. The van der Waals surface area contributed by atoms with E-state index in [0.717, 1.165) is 0 Å². The second-order valence-electron chi connectivity index (χ2n) is 10.8. The summed E-state index contributed by atoms with van der Waals surface area (Å²) in [6, 6.07) is 43.5. The molecule has 4 aliphatic rings. The number of allylic oxidation sites excluding steroid dienone is 2. The van der Waals surface area contributed by atoms with Gasteiger partial charge in [-0.3, -0.25) is 0 Å². The molecule has 1 heterocycles. The van der Waals surface area contributed by atoms with E-state index in [0.29, 0.717) is 12.0 Å². The van der Waals surface area contributed by atoms with Crippen LogP contribution in [-0.2, 0) is 5.41 Å². The van der Waals surface area contributed by atoms with E-state index in [2.05, 4.69) is 144 Å². The lowest BCUT2D eigenvalue weighted by atomic mass is 9.70. The van der Waals surface area contributed by atoms with E-state index in [9.17, 15) is 0 Å². The highest BCUT2D eigenvalue weighted by atomic mass is 15.2. The summed E-state index contributed by atoms with van der Waals surface area (Å²) >= 11 is 0. The summed E-state index contributed by atoms with van der Waals surface area (Å²) in [4.78, 5) is 2.55. The number of hydrogen-bond acceptors (Lipinski definition) is 1. The van der Waals surface area contributed by atoms with Crippen molar-refractivity contribution in [3.8, 4) is 22.3 Å². The van der Waals surface area contributed by atoms with Crippen molar-refractivity contribution in [1.82, 2.24) is 0 Å². The Labute approximate surface area is 223 Å². The Bertz CT molecular complexity index is 1810. The molecule has 9 rings (SSSR count). The van der Waals surface area contributed by atoms with Gasteiger partial charge >= 0.3 is 0 Å². The van der Waals surface area contributed by atoms with Crippen LogP contribution in [0.5, 0.6) is 0 Å². The Hall–Kier alpha value is -4.62. The molecule has 0 N–H and O–H groups in total. The number of rotatable bonds is 1. The lowest BCUT2D eigenvalue weighted by Gasteiger charge is -2.32. The smallest absolute Gasteiger partial charge is 0.0725 e. The van der Waals surface area contributed by atoms with Crippen molar-refractivity contribution in [3.05, 3.63) is 167 Å². The minimum atomic E-state index is -0.281. The van der Waals surface area contributed by atoms with Gasteiger partial charge in [0.25, 0.3) is 0 Å². The third kappa shape index (κ3) is 2.33. The molecule has 0 fully saturated rings. The number of para-hydroxylation sites is 1. The van der Waals surface area contributed by atoms with Crippen LogP contribution in [-0.4, -0.2) is 6.04 Å². The third-order valence-electron chi connectivity index (χ3n) is 9.22. The second kappa shape index (κ2) is 7.24. The van der Waals surface area contributed by atoms with Crippen LogP contribution in [0.15, 0.2) is 140 Å². The van der Waals surface area contributed by atoms with Crippen molar-refractivity contribution in [1.29, 1.82) is 0 Å². The summed E-state index contributed by atoms with van der Waals surface area (Å²) in [5.74, 6) is 0.386. The minimum Gasteiger partial charge on any atom is -0.333 e. The van der Waals surface area contributed by atoms with Gasteiger partial charge < -0.3 is 4.90 Å². The van der Waals surface area contributed by atoms with E-state index in [1.807, 2.05) is 0 Å². The van der Waals surface area contributed by atoms with Crippen LogP contribution in [0.25, 0.3) is 22.3 Å². The molecule has 2 atom stereocenters. The van der Waals surface area contributed by atoms with Gasteiger partial charge in [0.2, 0.25) is 0 Å². The van der Waals surface area contributed by atoms with Crippen LogP contribution in [0.2, 0.25) is 0 Å². The Morgan fingerprint density at radius 1 is 0.500 bits per heavy atom. The van der Waals surface area contributed by atoms with Crippen LogP contribution in [0.1, 0.15) is 33.7 Å². The summed E-state index contributed by atoms with van der Waals surface area (Å²) < 4.78 is 0. The predicted molar refractivity (Wildman–Crippen MR) is 156 cm³/mol. The molecule has 1 spiro atoms. The third-order valence-corrected chi connectivity index (χ3v) is 9.22. The Morgan fingerprint density at radius 3 is 1.76 bits per heavy atom. The molecule has 0 saturated carbocycles. The highest BCUT2D eigenvalue weighted by Gasteiger charge is 2.51. The fourth-order valence-corrected chi connectivity index (χ4v) is 7.83. The first-order chi connectivity index (χ1) is 18.9. The van der Waals surface area contributed by atoms with E-state index in [4.69, 9.17) is 0 Å². The zero-order chi connectivity index (χ0) is 24.8. The second-order valence-corrected chi connectivity index (χ2v) is 10.8. The highest BCUT2D eigenvalue weighted by Crippen LogP contribution is 2.63. The Balaban J connectivity index is 1.32. The van der Waals surface area contributed by atoms with Gasteiger partial charge in [0, 0.05) is 17.3 Å². The summed E-state index contributed by atoms with van der Waals surface area (Å²) in [5.41, 5.74) is 14.7. The molecule has 3 aliphatic carbocycles. The van der Waals surface area contributed by atoms with Gasteiger partial charge in [-0.25, -0.2) is 0 Å². The van der Waals surface area contributed by atoms with Crippen molar-refractivity contribution in [2.24, 2.45) is 0 Å². The standard InChI is InChI=1S/C37H25N/c1-6-16-31-25(11-1)26-12-2-7-17-32(26)37(31)33-18-8-3-13-27(33)30-23-24(21-22-34(30)37)38-35-19-9-4-14-28(35)29-15-5-10-20-36(29)38/h1-23,28,35H. The molecule has 5 aromatic carbocycles. The molecule has 38 heavy (non-hydrogen) atoms. The topological polar surface area (TPSA) is 3.24 Å². The van der Waals surface area contributed by atoms with Crippen molar-refractivity contribution >= 4 is 11.4 Å². The lowest BCUT2D eigenvalue weighted by Crippen LogP contribution is -2.29. The Morgan fingerprint density at radius 2 is 1.05 bits per heavy atom. The molecule has 1 aliphatic heterocycles. The molecule has 178 valence electrons. The van der Waals surface area contributed by atoms with E-state index in [-0.39, 0.29) is 5.41 Å². The predicted octanol–water partition coefficient (Wildman–Crippen LogP) is 8.76. The SMILES string of the molecule is C1=CC2c3ccccc3N(c3ccc4c(c3)-c3ccccc3C43c4ccccc4-c4ccccc43)C2C=C1. The monoisotopic (exact) mass is 483 g/mol. The number of benzene rings is 5. The van der Waals surface area contributed by atoms with Gasteiger partial charge in [0.1, 0.15) is 0 Å². The van der Waals surface area contributed by atoms with Crippen LogP contribution in [0.3, 0.4) is 0 Å². The fraction of sp³-hybridized carbons (Fsp3) is 0.0811. The van der Waals surface area contributed by atoms with E-state index in [1.165, 1.54) is 61.4 Å². The summed E-state index contributed by atoms with van der Waals surface area (Å²) in [5, 5.41) is 0. The average Bonchev–Trinajstić information content (AvgIpc) is 3.59. The number of nitrogens with zero attached hydrogens (tertiary/aromatic N) is 1. The van der Waals surface area contributed by atoms with E-state index >= 15 is 0 Å². The summed E-state index contributed by atoms with van der Waals surface area (Å²) in [6.07, 6.45) is 9.10. The maximum atomic E-state index is 2.55. The lowest BCUT2D eigenvalue weighted by molar-refractivity contribution is 0.744. The number of hydrogen-bond donors (Lipinski definition) is 0. The van der Waals surface area contributed by atoms with Crippen LogP contribution in [0.4, 0.5) is 11.4 Å². The van der Waals surface area contributed by atoms with Gasteiger partial charge in [-0.1, -0.05) is 121 Å². The van der Waals surface area contributed by atoms with Gasteiger partial charge in [-0.15, -0.1) is 0 Å². The minimum absolute atomic E-state index is 0.281. The normalized spacial score (nSPS) is 20.1. The molecular weight excluding hydrogens is 458 g/mol. The van der Waals surface area contributed by atoms with Gasteiger partial charge in [-0.05, 0) is 68.3 Å². The fourth-order valence-electron chi connectivity index (χ4n) is 7.83. The van der Waals surface area contributed by atoms with E-state index in [1.54, 1.807) is 0 Å². The van der Waals surface area contributed by atoms with Crippen molar-refractivity contribution in [3.63, 3.8) is 0 Å². The number of anilines is 2. The molecule has 1 heteroatoms. The average molecular weight is 484 g/mol. The number of fused-ring (bicyclic) bond motifs is 13. The van der Waals surface area contributed by atoms with Crippen molar-refractivity contribution in [2.75, 3.05) is 4.90 Å². The van der Waals surface area contributed by atoms with Gasteiger partial charge in [0.05, 0.1) is 11.5 Å². The quantitative estimate of drug-likeness (QED) is 0.226.